The Hall–Kier alpha value is -2.92. The predicted molar refractivity (Wildman–Crippen MR) is 89.5 cm³/mol. The van der Waals surface area contributed by atoms with Gasteiger partial charge >= 0.3 is 6.18 Å². The largest absolute Gasteiger partial charge is 0.416 e. The van der Waals surface area contributed by atoms with Crippen molar-refractivity contribution in [2.24, 2.45) is 10.7 Å². The number of thiocarbonyl (C=S) groups is 1. The van der Waals surface area contributed by atoms with Gasteiger partial charge in [-0.25, -0.2) is 4.99 Å². The molecule has 2 aromatic rings. The molecular weight excluding hydrogens is 337 g/mol. The van der Waals surface area contributed by atoms with Crippen LogP contribution in [0.2, 0.25) is 0 Å². The normalized spacial score (nSPS) is 11.7. The minimum atomic E-state index is -4.45. The Morgan fingerprint density at radius 3 is 2.54 bits per heavy atom. The van der Waals surface area contributed by atoms with Crippen molar-refractivity contribution in [3.8, 4) is 6.07 Å². The van der Waals surface area contributed by atoms with Crippen LogP contribution in [0, 0.1) is 11.3 Å². The summed E-state index contributed by atoms with van der Waals surface area (Å²) in [5.41, 5.74) is 6.05. The molecule has 0 bridgehead atoms. The first-order valence-corrected chi connectivity index (χ1v) is 7.03. The van der Waals surface area contributed by atoms with Crippen LogP contribution in [-0.4, -0.2) is 10.9 Å². The van der Waals surface area contributed by atoms with Gasteiger partial charge in [0.05, 0.1) is 17.2 Å². The van der Waals surface area contributed by atoms with Gasteiger partial charge in [-0.3, -0.25) is 0 Å². The molecule has 0 radical (unpaired) electrons. The van der Waals surface area contributed by atoms with E-state index in [0.717, 1.165) is 12.1 Å². The number of rotatable bonds is 2. The van der Waals surface area contributed by atoms with Crippen LogP contribution >= 0.6 is 12.2 Å². The molecule has 0 amide bonds. The molecule has 0 aromatic heterocycles. The maximum Gasteiger partial charge on any atom is 0.416 e. The second kappa shape index (κ2) is 7.10. The van der Waals surface area contributed by atoms with Crippen LogP contribution in [0.25, 0.3) is 0 Å². The van der Waals surface area contributed by atoms with Crippen LogP contribution in [-0.2, 0) is 6.18 Å². The molecule has 0 atom stereocenters. The lowest BCUT2D eigenvalue weighted by atomic mass is 10.1. The summed E-state index contributed by atoms with van der Waals surface area (Å²) >= 11 is 4.99. The molecule has 2 aromatic carbocycles. The first-order valence-electron chi connectivity index (χ1n) is 6.62. The van der Waals surface area contributed by atoms with E-state index in [9.17, 15) is 13.2 Å². The third-order valence-electron chi connectivity index (χ3n) is 2.95. The van der Waals surface area contributed by atoms with E-state index < -0.39 is 11.7 Å². The molecule has 122 valence electrons. The van der Waals surface area contributed by atoms with Crippen molar-refractivity contribution in [2.75, 3.05) is 5.32 Å². The van der Waals surface area contributed by atoms with Gasteiger partial charge in [0.25, 0.3) is 0 Å². The minimum Gasteiger partial charge on any atom is -0.383 e. The highest BCUT2D eigenvalue weighted by Crippen LogP contribution is 2.30. The average molecular weight is 348 g/mol. The highest BCUT2D eigenvalue weighted by Gasteiger charge is 2.30. The number of hydrogen-bond donors (Lipinski definition) is 2. The van der Waals surface area contributed by atoms with E-state index in [-0.39, 0.29) is 16.6 Å². The maximum atomic E-state index is 12.7. The van der Waals surface area contributed by atoms with Gasteiger partial charge in [0.15, 0.2) is 5.11 Å². The second-order valence-electron chi connectivity index (χ2n) is 4.70. The van der Waals surface area contributed by atoms with Crippen LogP contribution in [0.4, 0.5) is 18.9 Å². The van der Waals surface area contributed by atoms with Crippen molar-refractivity contribution >= 4 is 28.9 Å². The summed E-state index contributed by atoms with van der Waals surface area (Å²) in [5, 5.41) is 11.3. The number of aliphatic imine (C=N–C) groups is 1. The lowest BCUT2D eigenvalue weighted by Crippen LogP contribution is -2.18. The smallest absolute Gasteiger partial charge is 0.383 e. The van der Waals surface area contributed by atoms with Crippen molar-refractivity contribution in [2.45, 2.75) is 6.18 Å². The topological polar surface area (TPSA) is 74.2 Å². The molecule has 0 fully saturated rings. The Morgan fingerprint density at radius 2 is 1.88 bits per heavy atom. The van der Waals surface area contributed by atoms with Crippen molar-refractivity contribution in [3.63, 3.8) is 0 Å². The van der Waals surface area contributed by atoms with E-state index in [0.29, 0.717) is 11.1 Å². The Morgan fingerprint density at radius 1 is 1.17 bits per heavy atom. The van der Waals surface area contributed by atoms with Gasteiger partial charge in [0.1, 0.15) is 5.84 Å². The molecule has 4 nitrogen and oxygen atoms in total. The molecule has 0 unspecified atom stereocenters. The Balaban J connectivity index is 2.16. The highest BCUT2D eigenvalue weighted by molar-refractivity contribution is 7.80. The molecule has 0 heterocycles. The molecule has 0 aliphatic carbocycles. The number of nitriles is 1. The summed E-state index contributed by atoms with van der Waals surface area (Å²) in [6.45, 7) is 0. The zero-order valence-electron chi connectivity index (χ0n) is 12.1. The lowest BCUT2D eigenvalue weighted by Gasteiger charge is -2.10. The zero-order chi connectivity index (χ0) is 17.7. The first kappa shape index (κ1) is 17.4. The number of nitrogens with one attached hydrogen (secondary N) is 1. The summed E-state index contributed by atoms with van der Waals surface area (Å²) in [7, 11) is 0. The van der Waals surface area contributed by atoms with E-state index in [1.165, 1.54) is 18.2 Å². The fourth-order valence-corrected chi connectivity index (χ4v) is 2.06. The molecule has 0 aliphatic heterocycles. The van der Waals surface area contributed by atoms with Gasteiger partial charge in [0.2, 0.25) is 0 Å². The van der Waals surface area contributed by atoms with Crippen molar-refractivity contribution in [1.29, 1.82) is 5.26 Å². The number of hydrogen-bond acceptors (Lipinski definition) is 2. The zero-order valence-corrected chi connectivity index (χ0v) is 12.9. The number of amidine groups is 1. The third kappa shape index (κ3) is 4.54. The van der Waals surface area contributed by atoms with Crippen molar-refractivity contribution in [1.82, 2.24) is 0 Å². The van der Waals surface area contributed by atoms with Gasteiger partial charge in [0, 0.05) is 11.3 Å². The summed E-state index contributed by atoms with van der Waals surface area (Å²) in [4.78, 5) is 3.93. The van der Waals surface area contributed by atoms with E-state index in [4.69, 9.17) is 23.2 Å². The molecule has 0 saturated heterocycles. The Labute approximate surface area is 141 Å². The first-order chi connectivity index (χ1) is 11.3. The number of nitrogens with zero attached hydrogens (tertiary/aromatic N) is 2. The van der Waals surface area contributed by atoms with E-state index in [1.54, 1.807) is 18.2 Å². The minimum absolute atomic E-state index is 0.0524. The van der Waals surface area contributed by atoms with E-state index in [2.05, 4.69) is 10.3 Å². The Bertz CT molecular complexity index is 838. The van der Waals surface area contributed by atoms with Crippen LogP contribution in [0.1, 0.15) is 16.7 Å². The summed E-state index contributed by atoms with van der Waals surface area (Å²) in [5.74, 6) is 0.0524. The lowest BCUT2D eigenvalue weighted by molar-refractivity contribution is -0.137. The third-order valence-corrected chi connectivity index (χ3v) is 3.14. The standard InChI is InChI=1S/C16H11F3N4S/c17-16(18,19)12-5-2-6-13(8-12)22-15(24)23-14(21)11-4-1-3-10(7-11)9-20/h1-8H,(H3,21,22,23,24). The molecule has 3 N–H and O–H groups in total. The van der Waals surface area contributed by atoms with E-state index >= 15 is 0 Å². The van der Waals surface area contributed by atoms with Gasteiger partial charge in [-0.05, 0) is 42.5 Å². The quantitative estimate of drug-likeness (QED) is 0.493. The SMILES string of the molecule is N#Cc1cccc(C(N)=NC(=S)Nc2cccc(C(F)(F)F)c2)c1. The molecule has 0 spiro atoms. The van der Waals surface area contributed by atoms with Crippen LogP contribution in [0.3, 0.4) is 0 Å². The molecule has 2 rings (SSSR count). The monoisotopic (exact) mass is 348 g/mol. The van der Waals surface area contributed by atoms with Crippen molar-refractivity contribution < 1.29 is 13.2 Å². The molecular formula is C16H11F3N4S. The number of alkyl halides is 3. The van der Waals surface area contributed by atoms with Crippen molar-refractivity contribution in [3.05, 3.63) is 65.2 Å². The van der Waals surface area contributed by atoms with E-state index in [1.807, 2.05) is 6.07 Å². The number of nitrogens with two attached hydrogens (primary N) is 1. The fraction of sp³-hybridized carbons (Fsp3) is 0.0625. The molecule has 24 heavy (non-hydrogen) atoms. The average Bonchev–Trinajstić information content (AvgIpc) is 2.54. The van der Waals surface area contributed by atoms with Crippen LogP contribution in [0.5, 0.6) is 0 Å². The number of halogens is 3. The van der Waals surface area contributed by atoms with Crippen LogP contribution in [0.15, 0.2) is 53.5 Å². The van der Waals surface area contributed by atoms with Gasteiger partial charge in [-0.2, -0.15) is 18.4 Å². The fourth-order valence-electron chi connectivity index (χ4n) is 1.85. The highest BCUT2D eigenvalue weighted by atomic mass is 32.1. The maximum absolute atomic E-state index is 12.7. The Kier molecular flexibility index (Phi) is 5.16. The number of benzene rings is 2. The second-order valence-corrected chi connectivity index (χ2v) is 5.09. The molecule has 0 saturated carbocycles. The summed E-state index contributed by atoms with van der Waals surface area (Å²) < 4.78 is 38.0. The van der Waals surface area contributed by atoms with Crippen LogP contribution < -0.4 is 11.1 Å². The molecule has 8 heteroatoms. The van der Waals surface area contributed by atoms with Gasteiger partial charge in [-0.1, -0.05) is 18.2 Å². The predicted octanol–water partition coefficient (Wildman–Crippen LogP) is 3.68. The van der Waals surface area contributed by atoms with Gasteiger partial charge in [-0.15, -0.1) is 0 Å². The summed E-state index contributed by atoms with van der Waals surface area (Å²) in [6.07, 6.45) is -4.45. The number of anilines is 1. The van der Waals surface area contributed by atoms with Gasteiger partial charge < -0.3 is 11.1 Å². The molecule has 0 aliphatic rings. The summed E-state index contributed by atoms with van der Waals surface area (Å²) in [6, 6.07) is 13.0.